The average molecular weight is 169 g/mol. The molecule has 0 aromatic heterocycles. The van der Waals surface area contributed by atoms with Crippen molar-refractivity contribution in [3.05, 3.63) is 34.2 Å². The van der Waals surface area contributed by atoms with E-state index in [0.717, 1.165) is 6.08 Å². The number of nitro groups is 1. The first-order valence-electron chi connectivity index (χ1n) is 3.14. The summed E-state index contributed by atoms with van der Waals surface area (Å²) in [5.74, 6) is 0. The highest BCUT2D eigenvalue weighted by Crippen LogP contribution is 2.10. The van der Waals surface area contributed by atoms with Gasteiger partial charge in [-0.1, -0.05) is 0 Å². The molecule has 0 spiro atoms. The molecular weight excluding hydrogens is 162 g/mol. The summed E-state index contributed by atoms with van der Waals surface area (Å²) >= 11 is 0. The van der Waals surface area contributed by atoms with Crippen molar-refractivity contribution in [3.8, 4) is 0 Å². The van der Waals surface area contributed by atoms with Crippen LogP contribution >= 0.6 is 0 Å². The predicted octanol–water partition coefficient (Wildman–Crippen LogP) is -0.882. The topological polar surface area (TPSA) is 98.3 Å². The van der Waals surface area contributed by atoms with Gasteiger partial charge in [-0.15, -0.1) is 0 Å². The second kappa shape index (κ2) is 2.65. The Bertz CT molecular complexity index is 284. The number of hydrogen-bond acceptors (Lipinski definition) is 5. The Morgan fingerprint density at radius 3 is 2.75 bits per heavy atom. The third kappa shape index (κ3) is 1.14. The number of nitrogens with zero attached hydrogens (tertiary/aromatic N) is 1. The highest BCUT2D eigenvalue weighted by atomic mass is 16.6. The fourth-order valence-corrected chi connectivity index (χ4v) is 0.832. The number of dihydropyridines is 1. The molecule has 0 saturated carbocycles. The highest BCUT2D eigenvalue weighted by Gasteiger charge is 2.40. The molecule has 3 N–H and O–H groups in total. The van der Waals surface area contributed by atoms with E-state index in [0.29, 0.717) is 0 Å². The number of rotatable bonds is 2. The van der Waals surface area contributed by atoms with Gasteiger partial charge in [0.2, 0.25) is 6.29 Å². The van der Waals surface area contributed by atoms with E-state index >= 15 is 0 Å². The molecule has 1 rings (SSSR count). The summed E-state index contributed by atoms with van der Waals surface area (Å²) in [5, 5.41) is 12.7. The Balaban J connectivity index is 3.05. The van der Waals surface area contributed by atoms with Crippen LogP contribution < -0.4 is 11.1 Å². The second-order valence-corrected chi connectivity index (χ2v) is 2.32. The molecule has 1 aliphatic rings. The quantitative estimate of drug-likeness (QED) is 0.317. The van der Waals surface area contributed by atoms with Crippen LogP contribution in [-0.2, 0) is 4.79 Å². The minimum absolute atomic E-state index is 0.192. The third-order valence-electron chi connectivity index (χ3n) is 1.46. The van der Waals surface area contributed by atoms with Crippen LogP contribution in [0.1, 0.15) is 0 Å². The Hall–Kier alpha value is -1.85. The molecule has 64 valence electrons. The number of allylic oxidation sites excluding steroid dienone is 1. The van der Waals surface area contributed by atoms with Gasteiger partial charge in [0.05, 0.1) is 4.92 Å². The van der Waals surface area contributed by atoms with Crippen molar-refractivity contribution in [2.75, 3.05) is 0 Å². The van der Waals surface area contributed by atoms with Crippen molar-refractivity contribution in [3.63, 3.8) is 0 Å². The number of hydrogen-bond donors (Lipinski definition) is 2. The number of nitrogens with two attached hydrogens (primary N) is 1. The Kier molecular flexibility index (Phi) is 1.82. The maximum atomic E-state index is 10.4. The van der Waals surface area contributed by atoms with Crippen LogP contribution in [0.3, 0.4) is 0 Å². The van der Waals surface area contributed by atoms with Gasteiger partial charge in [0, 0.05) is 18.0 Å². The molecule has 1 atom stereocenters. The molecule has 0 fully saturated rings. The van der Waals surface area contributed by atoms with E-state index < -0.39 is 10.6 Å². The number of carbonyl (C=O) groups excluding carboxylic acids is 1. The van der Waals surface area contributed by atoms with Gasteiger partial charge in [-0.3, -0.25) is 14.9 Å². The monoisotopic (exact) mass is 169 g/mol. The van der Waals surface area contributed by atoms with E-state index in [2.05, 4.69) is 5.32 Å². The average Bonchev–Trinajstić information content (AvgIpc) is 2.04. The number of carbonyl (C=O) groups is 1. The molecule has 0 saturated heterocycles. The van der Waals surface area contributed by atoms with Crippen molar-refractivity contribution in [1.29, 1.82) is 0 Å². The van der Waals surface area contributed by atoms with Gasteiger partial charge < -0.3 is 11.1 Å². The van der Waals surface area contributed by atoms with E-state index in [-0.39, 0.29) is 12.0 Å². The lowest BCUT2D eigenvalue weighted by Gasteiger charge is -2.18. The standard InChI is InChI=1S/C6H7N3O3/c7-5-1-2-8-6(3-5,4-10)9(11)12/h1-4,8H,7H2. The van der Waals surface area contributed by atoms with Crippen molar-refractivity contribution in [2.24, 2.45) is 5.73 Å². The van der Waals surface area contributed by atoms with E-state index in [1.165, 1.54) is 12.3 Å². The van der Waals surface area contributed by atoms with Crippen molar-refractivity contribution in [2.45, 2.75) is 5.66 Å². The first-order valence-corrected chi connectivity index (χ1v) is 3.14. The van der Waals surface area contributed by atoms with Crippen molar-refractivity contribution in [1.82, 2.24) is 5.32 Å². The van der Waals surface area contributed by atoms with Crippen LogP contribution in [0.25, 0.3) is 0 Å². The maximum absolute atomic E-state index is 10.4. The molecule has 0 bridgehead atoms. The molecule has 1 unspecified atom stereocenters. The van der Waals surface area contributed by atoms with Gasteiger partial charge in [0.15, 0.2) is 0 Å². The lowest BCUT2D eigenvalue weighted by molar-refractivity contribution is -0.541. The van der Waals surface area contributed by atoms with Gasteiger partial charge in [0.1, 0.15) is 0 Å². The van der Waals surface area contributed by atoms with Gasteiger partial charge in [-0.25, -0.2) is 0 Å². The summed E-state index contributed by atoms with van der Waals surface area (Å²) < 4.78 is 0. The summed E-state index contributed by atoms with van der Waals surface area (Å²) in [7, 11) is 0. The summed E-state index contributed by atoms with van der Waals surface area (Å²) in [6, 6.07) is 0. The van der Waals surface area contributed by atoms with Gasteiger partial charge in [-0.2, -0.15) is 0 Å². The lowest BCUT2D eigenvalue weighted by atomic mass is 10.1. The normalized spacial score (nSPS) is 27.2. The number of aldehydes is 1. The highest BCUT2D eigenvalue weighted by molar-refractivity contribution is 5.66. The first kappa shape index (κ1) is 8.25. The van der Waals surface area contributed by atoms with E-state index in [9.17, 15) is 14.9 Å². The fourth-order valence-electron chi connectivity index (χ4n) is 0.832. The molecule has 0 aromatic rings. The third-order valence-corrected chi connectivity index (χ3v) is 1.46. The second-order valence-electron chi connectivity index (χ2n) is 2.32. The van der Waals surface area contributed by atoms with Gasteiger partial charge in [-0.05, 0) is 6.08 Å². The molecule has 12 heavy (non-hydrogen) atoms. The molecule has 0 radical (unpaired) electrons. The SMILES string of the molecule is NC1=CC(C=O)([N+](=O)[O-])NC=C1. The predicted molar refractivity (Wildman–Crippen MR) is 40.3 cm³/mol. The zero-order valence-electron chi connectivity index (χ0n) is 6.06. The van der Waals surface area contributed by atoms with Crippen molar-refractivity contribution < 1.29 is 9.72 Å². The maximum Gasteiger partial charge on any atom is 0.370 e. The zero-order valence-corrected chi connectivity index (χ0v) is 6.06. The van der Waals surface area contributed by atoms with Crippen molar-refractivity contribution >= 4 is 6.29 Å². The summed E-state index contributed by atoms with van der Waals surface area (Å²) in [6.07, 6.45) is 3.96. The minimum Gasteiger partial charge on any atom is -0.399 e. The largest absolute Gasteiger partial charge is 0.399 e. The Morgan fingerprint density at radius 2 is 2.42 bits per heavy atom. The van der Waals surface area contributed by atoms with Crippen LogP contribution in [0, 0.1) is 10.1 Å². The molecule has 0 aliphatic carbocycles. The van der Waals surface area contributed by atoms with Crippen LogP contribution in [0.2, 0.25) is 0 Å². The molecule has 1 heterocycles. The summed E-state index contributed by atoms with van der Waals surface area (Å²) in [5.41, 5.74) is 3.60. The fraction of sp³-hybridized carbons (Fsp3) is 0.167. The lowest BCUT2D eigenvalue weighted by Crippen LogP contribution is -2.51. The Morgan fingerprint density at radius 1 is 1.75 bits per heavy atom. The van der Waals surface area contributed by atoms with Crippen LogP contribution in [0.4, 0.5) is 0 Å². The van der Waals surface area contributed by atoms with Crippen LogP contribution in [-0.4, -0.2) is 16.9 Å². The molecule has 0 aromatic carbocycles. The molecule has 6 nitrogen and oxygen atoms in total. The van der Waals surface area contributed by atoms with Gasteiger partial charge >= 0.3 is 5.66 Å². The minimum atomic E-state index is -1.89. The molecule has 6 heteroatoms. The smallest absolute Gasteiger partial charge is 0.370 e. The molecular formula is C6H7N3O3. The summed E-state index contributed by atoms with van der Waals surface area (Å²) in [6.45, 7) is 0. The zero-order chi connectivity index (χ0) is 9.19. The first-order chi connectivity index (χ1) is 5.60. The van der Waals surface area contributed by atoms with E-state index in [1.54, 1.807) is 0 Å². The number of nitrogens with one attached hydrogen (secondary N) is 1. The van der Waals surface area contributed by atoms with E-state index in [1.807, 2.05) is 0 Å². The Labute approximate surface area is 67.9 Å². The van der Waals surface area contributed by atoms with E-state index in [4.69, 9.17) is 5.73 Å². The van der Waals surface area contributed by atoms with Gasteiger partial charge in [0.25, 0.3) is 0 Å². The van der Waals surface area contributed by atoms with Crippen LogP contribution in [0.15, 0.2) is 24.0 Å². The summed E-state index contributed by atoms with van der Waals surface area (Å²) in [4.78, 5) is 20.1. The van der Waals surface area contributed by atoms with Crippen LogP contribution in [0.5, 0.6) is 0 Å². The molecule has 0 amide bonds. The molecule has 1 aliphatic heterocycles.